The van der Waals surface area contributed by atoms with Crippen LogP contribution in [0.2, 0.25) is 0 Å². The van der Waals surface area contributed by atoms with E-state index in [4.69, 9.17) is 0 Å². The lowest BCUT2D eigenvalue weighted by Gasteiger charge is -2.27. The number of hydrogen-bond donors (Lipinski definition) is 1. The lowest BCUT2D eigenvalue weighted by atomic mass is 9.81. The van der Waals surface area contributed by atoms with Gasteiger partial charge in [-0.15, -0.1) is 0 Å². The van der Waals surface area contributed by atoms with Gasteiger partial charge in [-0.25, -0.2) is 0 Å². The lowest BCUT2D eigenvalue weighted by Crippen LogP contribution is -2.22. The number of hydrogen-bond acceptors (Lipinski definition) is 2. The van der Waals surface area contributed by atoms with Crippen LogP contribution in [0.3, 0.4) is 0 Å². The minimum Gasteiger partial charge on any atom is -0.393 e. The Morgan fingerprint density at radius 1 is 1.56 bits per heavy atom. The van der Waals surface area contributed by atoms with Crippen LogP contribution >= 0.6 is 15.9 Å². The molecule has 1 aromatic heterocycles. The van der Waals surface area contributed by atoms with E-state index in [0.29, 0.717) is 6.42 Å². The first-order chi connectivity index (χ1) is 7.58. The fourth-order valence-electron chi connectivity index (χ4n) is 2.32. The zero-order valence-electron chi connectivity index (χ0n) is 9.91. The van der Waals surface area contributed by atoms with Crippen molar-refractivity contribution in [2.24, 2.45) is 13.0 Å². The van der Waals surface area contributed by atoms with E-state index in [1.165, 1.54) is 19.3 Å². The van der Waals surface area contributed by atoms with Gasteiger partial charge in [0.2, 0.25) is 0 Å². The highest BCUT2D eigenvalue weighted by atomic mass is 79.9. The SMILES string of the molecule is Cc1nn(C)c(CC(O)CC2CCC2)c1Br. The van der Waals surface area contributed by atoms with Crippen molar-refractivity contribution in [3.05, 3.63) is 15.9 Å². The predicted octanol–water partition coefficient (Wildman–Crippen LogP) is 2.58. The zero-order valence-corrected chi connectivity index (χ0v) is 11.5. The van der Waals surface area contributed by atoms with Crippen LogP contribution in [0.5, 0.6) is 0 Å². The highest BCUT2D eigenvalue weighted by Gasteiger charge is 2.22. The number of halogens is 1. The van der Waals surface area contributed by atoms with Crippen LogP contribution in [0.15, 0.2) is 4.47 Å². The van der Waals surface area contributed by atoms with Crippen molar-refractivity contribution in [3.63, 3.8) is 0 Å². The average molecular weight is 287 g/mol. The maximum Gasteiger partial charge on any atom is 0.0738 e. The molecule has 0 bridgehead atoms. The Bertz CT molecular complexity index is 371. The average Bonchev–Trinajstić information content (AvgIpc) is 2.39. The number of aliphatic hydroxyl groups excluding tert-OH is 1. The normalized spacial score (nSPS) is 18.5. The summed E-state index contributed by atoms with van der Waals surface area (Å²) < 4.78 is 2.91. The van der Waals surface area contributed by atoms with E-state index in [-0.39, 0.29) is 6.10 Å². The molecule has 0 aliphatic heterocycles. The van der Waals surface area contributed by atoms with Crippen LogP contribution in [0.1, 0.15) is 37.1 Å². The fourth-order valence-corrected chi connectivity index (χ4v) is 2.82. The molecule has 1 atom stereocenters. The van der Waals surface area contributed by atoms with Crippen molar-refractivity contribution in [1.29, 1.82) is 0 Å². The van der Waals surface area contributed by atoms with Gasteiger partial charge in [-0.05, 0) is 35.2 Å². The molecule has 1 saturated carbocycles. The molecule has 1 aromatic rings. The number of nitrogens with zero attached hydrogens (tertiary/aromatic N) is 2. The quantitative estimate of drug-likeness (QED) is 0.924. The molecule has 1 aliphatic carbocycles. The minimum atomic E-state index is -0.226. The molecule has 1 aliphatic rings. The summed E-state index contributed by atoms with van der Waals surface area (Å²) in [4.78, 5) is 0. The Balaban J connectivity index is 1.96. The summed E-state index contributed by atoms with van der Waals surface area (Å²) in [6, 6.07) is 0. The summed E-state index contributed by atoms with van der Waals surface area (Å²) >= 11 is 3.53. The first-order valence-corrected chi connectivity index (χ1v) is 6.73. The maximum atomic E-state index is 10.0. The number of aromatic nitrogens is 2. The summed E-state index contributed by atoms with van der Waals surface area (Å²) in [6.07, 6.45) is 5.35. The van der Waals surface area contributed by atoms with Gasteiger partial charge in [-0.1, -0.05) is 19.3 Å². The Kier molecular flexibility index (Phi) is 3.70. The third kappa shape index (κ3) is 2.48. The largest absolute Gasteiger partial charge is 0.393 e. The van der Waals surface area contributed by atoms with Crippen LogP contribution in [0.25, 0.3) is 0 Å². The van der Waals surface area contributed by atoms with Gasteiger partial charge >= 0.3 is 0 Å². The Morgan fingerprint density at radius 3 is 2.69 bits per heavy atom. The number of aliphatic hydroxyl groups is 1. The molecule has 1 unspecified atom stereocenters. The Hall–Kier alpha value is -0.350. The van der Waals surface area contributed by atoms with Gasteiger partial charge in [-0.3, -0.25) is 4.68 Å². The summed E-state index contributed by atoms with van der Waals surface area (Å²) in [6.45, 7) is 1.98. The van der Waals surface area contributed by atoms with Crippen LogP contribution in [0, 0.1) is 12.8 Å². The van der Waals surface area contributed by atoms with Gasteiger partial charge in [0.15, 0.2) is 0 Å². The van der Waals surface area contributed by atoms with Gasteiger partial charge in [-0.2, -0.15) is 5.10 Å². The number of aryl methyl sites for hydroxylation is 2. The second-order valence-corrected chi connectivity index (χ2v) is 5.65. The highest BCUT2D eigenvalue weighted by Crippen LogP contribution is 2.31. The van der Waals surface area contributed by atoms with Crippen molar-refractivity contribution in [2.75, 3.05) is 0 Å². The number of rotatable bonds is 4. The van der Waals surface area contributed by atoms with Gasteiger partial charge in [0.1, 0.15) is 0 Å². The van der Waals surface area contributed by atoms with Crippen LogP contribution < -0.4 is 0 Å². The monoisotopic (exact) mass is 286 g/mol. The molecule has 0 amide bonds. The van der Waals surface area contributed by atoms with Gasteiger partial charge in [0.05, 0.1) is 22.0 Å². The van der Waals surface area contributed by atoms with Crippen molar-refractivity contribution >= 4 is 15.9 Å². The second-order valence-electron chi connectivity index (χ2n) is 4.86. The van der Waals surface area contributed by atoms with E-state index < -0.39 is 0 Å². The molecular weight excluding hydrogens is 268 g/mol. The van der Waals surface area contributed by atoms with Crippen molar-refractivity contribution in [2.45, 2.75) is 45.1 Å². The molecule has 2 rings (SSSR count). The molecule has 0 radical (unpaired) electrons. The standard InChI is InChI=1S/C12H19BrN2O/c1-8-12(13)11(15(2)14-8)7-10(16)6-9-4-3-5-9/h9-10,16H,3-7H2,1-2H3. The van der Waals surface area contributed by atoms with Crippen molar-refractivity contribution < 1.29 is 5.11 Å². The van der Waals surface area contributed by atoms with E-state index in [0.717, 1.165) is 28.2 Å². The molecule has 4 heteroatoms. The smallest absolute Gasteiger partial charge is 0.0738 e. The zero-order chi connectivity index (χ0) is 11.7. The van der Waals surface area contributed by atoms with Gasteiger partial charge in [0, 0.05) is 13.5 Å². The lowest BCUT2D eigenvalue weighted by molar-refractivity contribution is 0.116. The third-order valence-corrected chi connectivity index (χ3v) is 4.55. The molecule has 90 valence electrons. The molecule has 0 aromatic carbocycles. The summed E-state index contributed by atoms with van der Waals surface area (Å²) in [5.74, 6) is 0.753. The first kappa shape index (κ1) is 12.1. The first-order valence-electron chi connectivity index (χ1n) is 5.94. The molecule has 16 heavy (non-hydrogen) atoms. The van der Waals surface area contributed by atoms with Crippen LogP contribution in [0.4, 0.5) is 0 Å². The summed E-state index contributed by atoms with van der Waals surface area (Å²) in [5.41, 5.74) is 2.10. The van der Waals surface area contributed by atoms with Gasteiger partial charge < -0.3 is 5.11 Å². The molecular formula is C12H19BrN2O. The van der Waals surface area contributed by atoms with Crippen molar-refractivity contribution in [1.82, 2.24) is 9.78 Å². The van der Waals surface area contributed by atoms with E-state index in [1.54, 1.807) is 0 Å². The molecule has 0 saturated heterocycles. The van der Waals surface area contributed by atoms with E-state index in [2.05, 4.69) is 21.0 Å². The van der Waals surface area contributed by atoms with E-state index in [9.17, 15) is 5.11 Å². The Morgan fingerprint density at radius 2 is 2.25 bits per heavy atom. The topological polar surface area (TPSA) is 38.0 Å². The molecule has 1 N–H and O–H groups in total. The fraction of sp³-hybridized carbons (Fsp3) is 0.750. The minimum absolute atomic E-state index is 0.226. The van der Waals surface area contributed by atoms with Crippen LogP contribution in [-0.2, 0) is 13.5 Å². The maximum absolute atomic E-state index is 10.0. The molecule has 1 fully saturated rings. The second kappa shape index (κ2) is 4.88. The highest BCUT2D eigenvalue weighted by molar-refractivity contribution is 9.10. The third-order valence-electron chi connectivity index (χ3n) is 3.52. The van der Waals surface area contributed by atoms with E-state index in [1.807, 2.05) is 18.7 Å². The summed E-state index contributed by atoms with van der Waals surface area (Å²) in [5, 5.41) is 14.4. The summed E-state index contributed by atoms with van der Waals surface area (Å²) in [7, 11) is 1.93. The van der Waals surface area contributed by atoms with Crippen molar-refractivity contribution in [3.8, 4) is 0 Å². The Labute approximate surface area is 105 Å². The van der Waals surface area contributed by atoms with E-state index >= 15 is 0 Å². The van der Waals surface area contributed by atoms with Crippen LogP contribution in [-0.4, -0.2) is 21.0 Å². The molecule has 0 spiro atoms. The molecule has 3 nitrogen and oxygen atoms in total. The van der Waals surface area contributed by atoms with Gasteiger partial charge in [0.25, 0.3) is 0 Å². The predicted molar refractivity (Wildman–Crippen MR) is 67.3 cm³/mol. The molecule has 1 heterocycles.